The van der Waals surface area contributed by atoms with E-state index < -0.39 is 0 Å². The lowest BCUT2D eigenvalue weighted by atomic mass is 9.69. The van der Waals surface area contributed by atoms with Crippen LogP contribution in [-0.4, -0.2) is 56.9 Å². The van der Waals surface area contributed by atoms with Crippen molar-refractivity contribution in [3.05, 3.63) is 51.6 Å². The van der Waals surface area contributed by atoms with Gasteiger partial charge in [-0.15, -0.1) is 5.10 Å². The number of tetrazole rings is 1. The van der Waals surface area contributed by atoms with E-state index in [1.54, 1.807) is 11.8 Å². The van der Waals surface area contributed by atoms with Gasteiger partial charge in [-0.05, 0) is 78.6 Å². The van der Waals surface area contributed by atoms with Crippen LogP contribution in [0.1, 0.15) is 67.9 Å². The fourth-order valence-electron chi connectivity index (χ4n) is 5.97. The van der Waals surface area contributed by atoms with Crippen LogP contribution < -0.4 is 5.56 Å². The van der Waals surface area contributed by atoms with Gasteiger partial charge in [0.2, 0.25) is 0 Å². The number of nitrogens with zero attached hydrogens (tertiary/aromatic N) is 5. The Kier molecular flexibility index (Phi) is 6.29. The standard InChI is InChI=1S/C25H34N6O2/c1-18-7-8-21-19(15-18)16-20(24(32)26-21)22(23-27-28-29-31(23)13-14-33-2)30-12-6-11-25(17-30)9-4-3-5-10-25/h7-8,15-16,22H,3-6,9-14,17H2,1-2H3,(H,26,32)/t22-/m0/s1. The summed E-state index contributed by atoms with van der Waals surface area (Å²) < 4.78 is 7.09. The molecule has 1 aliphatic carbocycles. The van der Waals surface area contributed by atoms with Crippen molar-refractivity contribution in [3.63, 3.8) is 0 Å². The van der Waals surface area contributed by atoms with Gasteiger partial charge in [0, 0.05) is 24.7 Å². The number of fused-ring (bicyclic) bond motifs is 1. The SMILES string of the molecule is COCCn1nnnc1[C@H](c1cc2cc(C)ccc2[nH]c1=O)N1CCCC2(CCCCC2)C1. The maximum absolute atomic E-state index is 13.4. The summed E-state index contributed by atoms with van der Waals surface area (Å²) in [4.78, 5) is 19.0. The molecule has 0 unspecified atom stereocenters. The molecule has 1 aromatic carbocycles. The first-order valence-electron chi connectivity index (χ1n) is 12.2. The molecule has 2 aromatic heterocycles. The number of aromatic nitrogens is 5. The van der Waals surface area contributed by atoms with Gasteiger partial charge in [0.25, 0.3) is 5.56 Å². The third-order valence-electron chi connectivity index (χ3n) is 7.60. The number of nitrogens with one attached hydrogen (secondary N) is 1. The molecule has 1 aliphatic heterocycles. The molecule has 33 heavy (non-hydrogen) atoms. The van der Waals surface area contributed by atoms with Crippen LogP contribution in [0.15, 0.2) is 29.1 Å². The number of benzene rings is 1. The summed E-state index contributed by atoms with van der Waals surface area (Å²) in [7, 11) is 1.68. The molecule has 5 rings (SSSR count). The number of piperidine rings is 1. The minimum Gasteiger partial charge on any atom is -0.383 e. The van der Waals surface area contributed by atoms with Crippen LogP contribution in [0, 0.1) is 12.3 Å². The van der Waals surface area contributed by atoms with E-state index in [1.807, 2.05) is 18.2 Å². The van der Waals surface area contributed by atoms with E-state index in [2.05, 4.69) is 38.4 Å². The quantitative estimate of drug-likeness (QED) is 0.617. The summed E-state index contributed by atoms with van der Waals surface area (Å²) in [5.74, 6) is 0.720. The predicted molar refractivity (Wildman–Crippen MR) is 127 cm³/mol. The lowest BCUT2D eigenvalue weighted by Crippen LogP contribution is -2.47. The normalized spacial score (nSPS) is 19.8. The zero-order valence-electron chi connectivity index (χ0n) is 19.7. The Morgan fingerprint density at radius 2 is 1.97 bits per heavy atom. The van der Waals surface area contributed by atoms with Crippen LogP contribution in [0.4, 0.5) is 0 Å². The topological polar surface area (TPSA) is 88.9 Å². The van der Waals surface area contributed by atoms with Crippen LogP contribution >= 0.6 is 0 Å². The van der Waals surface area contributed by atoms with E-state index >= 15 is 0 Å². The van der Waals surface area contributed by atoms with Crippen molar-refractivity contribution >= 4 is 10.9 Å². The highest BCUT2D eigenvalue weighted by atomic mass is 16.5. The first kappa shape index (κ1) is 22.2. The van der Waals surface area contributed by atoms with Crippen molar-refractivity contribution in [3.8, 4) is 0 Å². The molecule has 8 heteroatoms. The van der Waals surface area contributed by atoms with Gasteiger partial charge in [0.15, 0.2) is 5.82 Å². The molecule has 3 aromatic rings. The number of hydrogen-bond acceptors (Lipinski definition) is 6. The number of methoxy groups -OCH3 is 1. The predicted octanol–water partition coefficient (Wildman–Crippen LogP) is 3.61. The monoisotopic (exact) mass is 450 g/mol. The van der Waals surface area contributed by atoms with Gasteiger partial charge in [-0.3, -0.25) is 9.69 Å². The fourth-order valence-corrected chi connectivity index (χ4v) is 5.97. The molecule has 0 amide bonds. The molecule has 176 valence electrons. The second kappa shape index (κ2) is 9.35. The highest BCUT2D eigenvalue weighted by Gasteiger charge is 2.41. The first-order valence-corrected chi connectivity index (χ1v) is 12.2. The Hall–Kier alpha value is -2.58. The smallest absolute Gasteiger partial charge is 0.253 e. The molecular weight excluding hydrogens is 416 g/mol. The van der Waals surface area contributed by atoms with Crippen LogP contribution in [0.2, 0.25) is 0 Å². The lowest BCUT2D eigenvalue weighted by Gasteiger charge is -2.47. The minimum atomic E-state index is -0.287. The Morgan fingerprint density at radius 3 is 2.79 bits per heavy atom. The summed E-state index contributed by atoms with van der Waals surface area (Å²) >= 11 is 0. The molecule has 1 saturated heterocycles. The summed E-state index contributed by atoms with van der Waals surface area (Å²) in [6.45, 7) is 5.07. The maximum atomic E-state index is 13.4. The largest absolute Gasteiger partial charge is 0.383 e. The lowest BCUT2D eigenvalue weighted by molar-refractivity contribution is 0.0335. The molecule has 0 radical (unpaired) electrons. The van der Waals surface area contributed by atoms with Crippen molar-refractivity contribution in [2.24, 2.45) is 5.41 Å². The molecule has 0 bridgehead atoms. The molecule has 3 heterocycles. The van der Waals surface area contributed by atoms with Crippen LogP contribution in [0.25, 0.3) is 10.9 Å². The molecule has 8 nitrogen and oxygen atoms in total. The molecule has 1 atom stereocenters. The zero-order valence-corrected chi connectivity index (χ0v) is 19.7. The Bertz CT molecular complexity index is 1160. The third kappa shape index (κ3) is 4.46. The van der Waals surface area contributed by atoms with Gasteiger partial charge in [-0.2, -0.15) is 0 Å². The summed E-state index contributed by atoms with van der Waals surface area (Å²) in [5, 5.41) is 13.7. The van der Waals surface area contributed by atoms with Gasteiger partial charge < -0.3 is 9.72 Å². The highest BCUT2D eigenvalue weighted by Crippen LogP contribution is 2.45. The van der Waals surface area contributed by atoms with Crippen molar-refractivity contribution in [1.29, 1.82) is 0 Å². The summed E-state index contributed by atoms with van der Waals surface area (Å²) in [5.41, 5.74) is 3.02. The number of rotatable bonds is 6. The van der Waals surface area contributed by atoms with Crippen LogP contribution in [0.3, 0.4) is 0 Å². The van der Waals surface area contributed by atoms with Crippen molar-refractivity contribution in [2.75, 3.05) is 26.8 Å². The van der Waals surface area contributed by atoms with E-state index in [4.69, 9.17) is 4.74 Å². The second-order valence-corrected chi connectivity index (χ2v) is 9.93. The zero-order chi connectivity index (χ0) is 22.8. The van der Waals surface area contributed by atoms with Crippen molar-refractivity contribution < 1.29 is 4.74 Å². The van der Waals surface area contributed by atoms with Gasteiger partial charge in [-0.25, -0.2) is 4.68 Å². The van der Waals surface area contributed by atoms with Gasteiger partial charge in [0.05, 0.1) is 13.2 Å². The van der Waals surface area contributed by atoms with Crippen LogP contribution in [-0.2, 0) is 11.3 Å². The number of hydrogen-bond donors (Lipinski definition) is 1. The van der Waals surface area contributed by atoms with Crippen molar-refractivity contribution in [2.45, 2.75) is 64.5 Å². The number of ether oxygens (including phenoxy) is 1. The van der Waals surface area contributed by atoms with Gasteiger partial charge in [0.1, 0.15) is 6.04 Å². The average molecular weight is 451 g/mol. The Balaban J connectivity index is 1.61. The van der Waals surface area contributed by atoms with Crippen LogP contribution in [0.5, 0.6) is 0 Å². The number of H-pyrrole nitrogens is 1. The maximum Gasteiger partial charge on any atom is 0.253 e. The molecule has 1 N–H and O–H groups in total. The average Bonchev–Trinajstić information content (AvgIpc) is 3.27. The number of likely N-dealkylation sites (tertiary alicyclic amines) is 1. The third-order valence-corrected chi connectivity index (χ3v) is 7.60. The summed E-state index contributed by atoms with van der Waals surface area (Å²) in [6.07, 6.45) is 8.92. The molecule has 1 saturated carbocycles. The van der Waals surface area contributed by atoms with Gasteiger partial charge in [-0.1, -0.05) is 30.9 Å². The van der Waals surface area contributed by atoms with E-state index in [-0.39, 0.29) is 11.6 Å². The van der Waals surface area contributed by atoms with E-state index in [0.29, 0.717) is 18.6 Å². The highest BCUT2D eigenvalue weighted by molar-refractivity contribution is 5.79. The molecule has 1 spiro atoms. The number of aromatic amines is 1. The molecule has 2 fully saturated rings. The Labute approximate surface area is 194 Å². The van der Waals surface area contributed by atoms with E-state index in [9.17, 15) is 4.79 Å². The number of pyridine rings is 1. The summed E-state index contributed by atoms with van der Waals surface area (Å²) in [6, 6.07) is 7.88. The fraction of sp³-hybridized carbons (Fsp3) is 0.600. The van der Waals surface area contributed by atoms with E-state index in [1.165, 1.54) is 44.1 Å². The molecular formula is C25H34N6O2. The van der Waals surface area contributed by atoms with Crippen molar-refractivity contribution in [1.82, 2.24) is 30.1 Å². The van der Waals surface area contributed by atoms with Gasteiger partial charge >= 0.3 is 0 Å². The Morgan fingerprint density at radius 1 is 1.15 bits per heavy atom. The number of aryl methyl sites for hydroxylation is 1. The minimum absolute atomic E-state index is 0.0686. The first-order chi connectivity index (χ1) is 16.1. The van der Waals surface area contributed by atoms with E-state index in [0.717, 1.165) is 41.8 Å². The molecule has 2 aliphatic rings. The second-order valence-electron chi connectivity index (χ2n) is 9.93.